The summed E-state index contributed by atoms with van der Waals surface area (Å²) >= 11 is 0. The summed E-state index contributed by atoms with van der Waals surface area (Å²) < 4.78 is 6.01. The molecule has 1 fully saturated rings. The lowest BCUT2D eigenvalue weighted by Crippen LogP contribution is -2.04. The van der Waals surface area contributed by atoms with E-state index < -0.39 is 0 Å². The molecule has 0 atom stereocenters. The molecule has 1 N–H and O–H groups in total. The molecule has 3 rings (SSSR count). The molecule has 1 aromatic carbocycles. The first-order chi connectivity index (χ1) is 10.1. The van der Waals surface area contributed by atoms with Gasteiger partial charge in [0.1, 0.15) is 17.4 Å². The smallest absolute Gasteiger partial charge is 0.227 e. The van der Waals surface area contributed by atoms with Crippen LogP contribution in [0.25, 0.3) is 0 Å². The monoisotopic (exact) mass is 283 g/mol. The molecule has 1 saturated carbocycles. The van der Waals surface area contributed by atoms with Gasteiger partial charge in [0, 0.05) is 13.0 Å². The van der Waals surface area contributed by atoms with Gasteiger partial charge in [0.25, 0.3) is 0 Å². The third-order valence-corrected chi connectivity index (χ3v) is 3.99. The summed E-state index contributed by atoms with van der Waals surface area (Å²) in [6.45, 7) is 6.17. The zero-order chi connectivity index (χ0) is 15.0. The van der Waals surface area contributed by atoms with Gasteiger partial charge in [-0.1, -0.05) is 6.07 Å². The van der Waals surface area contributed by atoms with Crippen molar-refractivity contribution in [3.8, 4) is 11.6 Å². The van der Waals surface area contributed by atoms with E-state index in [4.69, 9.17) is 4.74 Å². The molecule has 0 spiro atoms. The second kappa shape index (κ2) is 5.35. The topological polar surface area (TPSA) is 47.0 Å². The molecule has 21 heavy (non-hydrogen) atoms. The van der Waals surface area contributed by atoms with Crippen LogP contribution in [0.3, 0.4) is 0 Å². The molecule has 1 aliphatic rings. The summed E-state index contributed by atoms with van der Waals surface area (Å²) in [5.41, 5.74) is 3.42. The second-order valence-corrected chi connectivity index (χ2v) is 5.73. The van der Waals surface area contributed by atoms with Crippen molar-refractivity contribution in [2.45, 2.75) is 39.5 Å². The molecule has 0 amide bonds. The maximum atomic E-state index is 6.01. The maximum Gasteiger partial charge on any atom is 0.227 e. The van der Waals surface area contributed by atoms with Gasteiger partial charge in [-0.2, -0.15) is 4.98 Å². The fourth-order valence-electron chi connectivity index (χ4n) is 2.27. The van der Waals surface area contributed by atoms with Crippen LogP contribution in [0.5, 0.6) is 11.6 Å². The highest BCUT2D eigenvalue weighted by atomic mass is 16.5. The zero-order valence-corrected chi connectivity index (χ0v) is 13.0. The Hall–Kier alpha value is -2.10. The highest BCUT2D eigenvalue weighted by Gasteiger charge is 2.28. The average molecular weight is 283 g/mol. The SMILES string of the molecule is CNc1nc(C2CC2)nc(Oc2ccc(C)c(C)c2)c1C. The molecule has 2 aromatic rings. The number of ether oxygens (including phenoxy) is 1. The standard InChI is InChI=1S/C17H21N3O/c1-10-5-8-14(9-11(10)2)21-17-12(3)15(18-4)19-16(20-17)13-6-7-13/h5,8-9,13H,6-7H2,1-4H3,(H,18,19,20). The van der Waals surface area contributed by atoms with Crippen LogP contribution >= 0.6 is 0 Å². The molecule has 1 aromatic heterocycles. The largest absolute Gasteiger partial charge is 0.439 e. The summed E-state index contributed by atoms with van der Waals surface area (Å²) in [4.78, 5) is 9.20. The molecule has 4 heteroatoms. The summed E-state index contributed by atoms with van der Waals surface area (Å²) in [6.07, 6.45) is 2.35. The molecule has 4 nitrogen and oxygen atoms in total. The van der Waals surface area contributed by atoms with Crippen LogP contribution in [-0.2, 0) is 0 Å². The van der Waals surface area contributed by atoms with Crippen LogP contribution in [0.1, 0.15) is 41.3 Å². The lowest BCUT2D eigenvalue weighted by molar-refractivity contribution is 0.454. The number of aromatic nitrogens is 2. The highest BCUT2D eigenvalue weighted by molar-refractivity contribution is 5.50. The summed E-state index contributed by atoms with van der Waals surface area (Å²) in [5.74, 6) is 3.72. The molecule has 0 unspecified atom stereocenters. The molecular weight excluding hydrogens is 262 g/mol. The van der Waals surface area contributed by atoms with E-state index in [9.17, 15) is 0 Å². The number of rotatable bonds is 4. The second-order valence-electron chi connectivity index (χ2n) is 5.73. The predicted molar refractivity (Wildman–Crippen MR) is 84.3 cm³/mol. The number of aryl methyl sites for hydroxylation is 2. The van der Waals surface area contributed by atoms with Gasteiger partial charge in [-0.15, -0.1) is 0 Å². The van der Waals surface area contributed by atoms with E-state index in [2.05, 4.69) is 35.2 Å². The maximum absolute atomic E-state index is 6.01. The molecule has 0 radical (unpaired) electrons. The van der Waals surface area contributed by atoms with Crippen molar-refractivity contribution >= 4 is 5.82 Å². The van der Waals surface area contributed by atoms with Gasteiger partial charge < -0.3 is 10.1 Å². The number of hydrogen-bond donors (Lipinski definition) is 1. The lowest BCUT2D eigenvalue weighted by atomic mass is 10.1. The third-order valence-electron chi connectivity index (χ3n) is 3.99. The number of benzene rings is 1. The van der Waals surface area contributed by atoms with E-state index in [1.54, 1.807) is 0 Å². The Morgan fingerprint density at radius 2 is 1.86 bits per heavy atom. The Kier molecular flexibility index (Phi) is 3.53. The van der Waals surface area contributed by atoms with E-state index >= 15 is 0 Å². The fourth-order valence-corrected chi connectivity index (χ4v) is 2.27. The molecule has 0 saturated heterocycles. The summed E-state index contributed by atoms with van der Waals surface area (Å²) in [7, 11) is 1.88. The minimum Gasteiger partial charge on any atom is -0.439 e. The van der Waals surface area contributed by atoms with Gasteiger partial charge in [0.2, 0.25) is 5.88 Å². The number of nitrogens with one attached hydrogen (secondary N) is 1. The van der Waals surface area contributed by atoms with Gasteiger partial charge in [0.05, 0.1) is 5.56 Å². The van der Waals surface area contributed by atoms with E-state index in [-0.39, 0.29) is 0 Å². The van der Waals surface area contributed by atoms with Crippen molar-refractivity contribution in [2.75, 3.05) is 12.4 Å². The normalized spacial score (nSPS) is 14.1. The first-order valence-corrected chi connectivity index (χ1v) is 7.40. The number of hydrogen-bond acceptors (Lipinski definition) is 4. The third kappa shape index (κ3) is 2.84. The van der Waals surface area contributed by atoms with Gasteiger partial charge in [0.15, 0.2) is 0 Å². The molecular formula is C17H21N3O. The quantitative estimate of drug-likeness (QED) is 0.917. The Labute approximate surface area is 125 Å². The van der Waals surface area contributed by atoms with Crippen molar-refractivity contribution in [1.29, 1.82) is 0 Å². The van der Waals surface area contributed by atoms with Crippen molar-refractivity contribution in [1.82, 2.24) is 9.97 Å². The van der Waals surface area contributed by atoms with E-state index in [1.165, 1.54) is 24.0 Å². The van der Waals surface area contributed by atoms with Crippen molar-refractivity contribution in [2.24, 2.45) is 0 Å². The Morgan fingerprint density at radius 3 is 2.48 bits per heavy atom. The Morgan fingerprint density at radius 1 is 1.10 bits per heavy atom. The Balaban J connectivity index is 1.96. The van der Waals surface area contributed by atoms with E-state index in [0.29, 0.717) is 11.8 Å². The van der Waals surface area contributed by atoms with Gasteiger partial charge in [-0.05, 0) is 56.9 Å². The average Bonchev–Trinajstić information content (AvgIpc) is 3.29. The van der Waals surface area contributed by atoms with Crippen LogP contribution in [0.15, 0.2) is 18.2 Å². The number of anilines is 1. The fraction of sp³-hybridized carbons (Fsp3) is 0.412. The summed E-state index contributed by atoms with van der Waals surface area (Å²) in [5, 5.41) is 3.13. The molecule has 1 heterocycles. The predicted octanol–water partition coefficient (Wildman–Crippen LogP) is 4.11. The van der Waals surface area contributed by atoms with Crippen molar-refractivity contribution in [3.05, 3.63) is 40.7 Å². The van der Waals surface area contributed by atoms with Crippen LogP contribution in [0.2, 0.25) is 0 Å². The first kappa shape index (κ1) is 13.9. The molecule has 1 aliphatic carbocycles. The summed E-state index contributed by atoms with van der Waals surface area (Å²) in [6, 6.07) is 6.11. The first-order valence-electron chi connectivity index (χ1n) is 7.40. The van der Waals surface area contributed by atoms with E-state index in [1.807, 2.05) is 26.1 Å². The molecule has 0 bridgehead atoms. The Bertz CT molecular complexity index is 678. The van der Waals surface area contributed by atoms with Crippen molar-refractivity contribution < 1.29 is 4.74 Å². The van der Waals surface area contributed by atoms with Crippen LogP contribution < -0.4 is 10.1 Å². The van der Waals surface area contributed by atoms with Crippen molar-refractivity contribution in [3.63, 3.8) is 0 Å². The van der Waals surface area contributed by atoms with Crippen LogP contribution in [0.4, 0.5) is 5.82 Å². The van der Waals surface area contributed by atoms with E-state index in [0.717, 1.165) is 23.0 Å². The highest BCUT2D eigenvalue weighted by Crippen LogP contribution is 2.40. The van der Waals surface area contributed by atoms with Gasteiger partial charge in [-0.3, -0.25) is 0 Å². The number of nitrogens with zero attached hydrogens (tertiary/aromatic N) is 2. The minimum absolute atomic E-state index is 0.500. The molecule has 0 aliphatic heterocycles. The molecule has 110 valence electrons. The van der Waals surface area contributed by atoms with Gasteiger partial charge >= 0.3 is 0 Å². The van der Waals surface area contributed by atoms with Crippen LogP contribution in [0, 0.1) is 20.8 Å². The minimum atomic E-state index is 0.500. The lowest BCUT2D eigenvalue weighted by Gasteiger charge is -2.13. The zero-order valence-electron chi connectivity index (χ0n) is 13.0. The van der Waals surface area contributed by atoms with Crippen LogP contribution in [-0.4, -0.2) is 17.0 Å². The van der Waals surface area contributed by atoms with Gasteiger partial charge in [-0.25, -0.2) is 4.98 Å².